The van der Waals surface area contributed by atoms with Gasteiger partial charge in [-0.1, -0.05) is 0 Å². The van der Waals surface area contributed by atoms with E-state index in [4.69, 9.17) is 9.47 Å². The van der Waals surface area contributed by atoms with E-state index < -0.39 is 0 Å². The molecule has 0 atom stereocenters. The van der Waals surface area contributed by atoms with Crippen LogP contribution >= 0.6 is 15.9 Å². The molecule has 0 radical (unpaired) electrons. The predicted molar refractivity (Wildman–Crippen MR) is 72.5 cm³/mol. The number of rotatable bonds is 8. The quantitative estimate of drug-likeness (QED) is 0.545. The van der Waals surface area contributed by atoms with Crippen LogP contribution in [0.3, 0.4) is 0 Å². The highest BCUT2D eigenvalue weighted by molar-refractivity contribution is 9.10. The summed E-state index contributed by atoms with van der Waals surface area (Å²) in [6.45, 7) is 2.91. The average Bonchev–Trinajstić information content (AvgIpc) is 2.34. The van der Waals surface area contributed by atoms with Crippen molar-refractivity contribution in [2.24, 2.45) is 0 Å². The zero-order chi connectivity index (χ0) is 13.2. The molecular weight excluding hydrogens is 298 g/mol. The standard InChI is InChI=1S/C13H18BrNO3/c1-2-17-13(16)6-4-3-5-7-18-12-8-11(14)9-15-10-12/h8-10H,2-7H2,1H3. The Morgan fingerprint density at radius 1 is 1.33 bits per heavy atom. The molecule has 0 spiro atoms. The van der Waals surface area contributed by atoms with E-state index >= 15 is 0 Å². The molecule has 1 aromatic rings. The Hall–Kier alpha value is -1.10. The lowest BCUT2D eigenvalue weighted by Gasteiger charge is -2.05. The van der Waals surface area contributed by atoms with Crippen molar-refractivity contribution in [3.8, 4) is 5.75 Å². The molecule has 0 fully saturated rings. The van der Waals surface area contributed by atoms with Crippen LogP contribution in [0.4, 0.5) is 0 Å². The van der Waals surface area contributed by atoms with Crippen LogP contribution in [-0.4, -0.2) is 24.2 Å². The average molecular weight is 316 g/mol. The normalized spacial score (nSPS) is 10.1. The smallest absolute Gasteiger partial charge is 0.305 e. The summed E-state index contributed by atoms with van der Waals surface area (Å²) >= 11 is 3.33. The summed E-state index contributed by atoms with van der Waals surface area (Å²) in [6.07, 6.45) is 6.62. The summed E-state index contributed by atoms with van der Waals surface area (Å²) in [5, 5.41) is 0. The van der Waals surface area contributed by atoms with Gasteiger partial charge >= 0.3 is 5.97 Å². The highest BCUT2D eigenvalue weighted by atomic mass is 79.9. The lowest BCUT2D eigenvalue weighted by Crippen LogP contribution is -2.04. The molecule has 18 heavy (non-hydrogen) atoms. The second kappa shape index (κ2) is 8.91. The number of hydrogen-bond donors (Lipinski definition) is 0. The van der Waals surface area contributed by atoms with Gasteiger partial charge in [0.1, 0.15) is 5.75 Å². The van der Waals surface area contributed by atoms with Crippen molar-refractivity contribution in [1.29, 1.82) is 0 Å². The molecule has 1 aromatic heterocycles. The summed E-state index contributed by atoms with van der Waals surface area (Å²) in [5.41, 5.74) is 0. The van der Waals surface area contributed by atoms with E-state index in [1.54, 1.807) is 12.4 Å². The largest absolute Gasteiger partial charge is 0.492 e. The van der Waals surface area contributed by atoms with E-state index in [1.165, 1.54) is 0 Å². The van der Waals surface area contributed by atoms with Gasteiger partial charge in [0.2, 0.25) is 0 Å². The second-order valence-corrected chi connectivity index (χ2v) is 4.72. The van der Waals surface area contributed by atoms with Crippen molar-refractivity contribution in [1.82, 2.24) is 4.98 Å². The van der Waals surface area contributed by atoms with E-state index in [1.807, 2.05) is 13.0 Å². The maximum Gasteiger partial charge on any atom is 0.305 e. The molecule has 1 rings (SSSR count). The number of esters is 1. The Morgan fingerprint density at radius 2 is 2.17 bits per heavy atom. The number of pyridine rings is 1. The molecule has 0 bridgehead atoms. The Kier molecular flexibility index (Phi) is 7.41. The number of unbranched alkanes of at least 4 members (excludes halogenated alkanes) is 2. The molecular formula is C13H18BrNO3. The van der Waals surface area contributed by atoms with Gasteiger partial charge in [-0.25, -0.2) is 0 Å². The van der Waals surface area contributed by atoms with E-state index in [0.717, 1.165) is 29.5 Å². The van der Waals surface area contributed by atoms with Crippen LogP contribution in [0.5, 0.6) is 5.75 Å². The first kappa shape index (κ1) is 15.0. The van der Waals surface area contributed by atoms with E-state index in [9.17, 15) is 4.79 Å². The predicted octanol–water partition coefficient (Wildman–Crippen LogP) is 3.35. The highest BCUT2D eigenvalue weighted by Gasteiger charge is 2.01. The number of aromatic nitrogens is 1. The van der Waals surface area contributed by atoms with Crippen LogP contribution in [0.25, 0.3) is 0 Å². The van der Waals surface area contributed by atoms with Gasteiger partial charge in [0, 0.05) is 17.1 Å². The van der Waals surface area contributed by atoms with Gasteiger partial charge in [0.05, 0.1) is 19.4 Å². The number of carbonyl (C=O) groups is 1. The first-order chi connectivity index (χ1) is 8.72. The summed E-state index contributed by atoms with van der Waals surface area (Å²) in [4.78, 5) is 15.1. The molecule has 0 aliphatic heterocycles. The first-order valence-electron chi connectivity index (χ1n) is 6.11. The fourth-order valence-electron chi connectivity index (χ4n) is 1.44. The Bertz CT molecular complexity index is 371. The number of nitrogens with zero attached hydrogens (tertiary/aromatic N) is 1. The minimum absolute atomic E-state index is 0.116. The molecule has 5 heteroatoms. The zero-order valence-corrected chi connectivity index (χ0v) is 12.1. The molecule has 0 saturated carbocycles. The molecule has 0 amide bonds. The molecule has 0 saturated heterocycles. The van der Waals surface area contributed by atoms with Gasteiger partial charge in [0.25, 0.3) is 0 Å². The number of carbonyl (C=O) groups excluding carboxylic acids is 1. The summed E-state index contributed by atoms with van der Waals surface area (Å²) in [7, 11) is 0. The lowest BCUT2D eigenvalue weighted by atomic mass is 10.2. The van der Waals surface area contributed by atoms with Crippen molar-refractivity contribution in [3.05, 3.63) is 22.9 Å². The van der Waals surface area contributed by atoms with Crippen molar-refractivity contribution in [2.45, 2.75) is 32.6 Å². The van der Waals surface area contributed by atoms with Crippen LogP contribution in [0.15, 0.2) is 22.9 Å². The summed E-state index contributed by atoms with van der Waals surface area (Å²) in [5.74, 6) is 0.643. The third kappa shape index (κ3) is 6.59. The van der Waals surface area contributed by atoms with Gasteiger partial charge in [-0.2, -0.15) is 0 Å². The van der Waals surface area contributed by atoms with Crippen LogP contribution in [0, 0.1) is 0 Å². The molecule has 0 aromatic carbocycles. The molecule has 1 heterocycles. The van der Waals surface area contributed by atoms with E-state index in [2.05, 4.69) is 20.9 Å². The monoisotopic (exact) mass is 315 g/mol. The molecule has 0 unspecified atom stereocenters. The number of halogens is 1. The maximum atomic E-state index is 11.1. The molecule has 4 nitrogen and oxygen atoms in total. The van der Waals surface area contributed by atoms with Crippen molar-refractivity contribution in [3.63, 3.8) is 0 Å². The van der Waals surface area contributed by atoms with E-state index in [0.29, 0.717) is 19.6 Å². The first-order valence-corrected chi connectivity index (χ1v) is 6.90. The third-order valence-electron chi connectivity index (χ3n) is 2.28. The maximum absolute atomic E-state index is 11.1. The molecule has 0 aliphatic carbocycles. The topological polar surface area (TPSA) is 48.4 Å². The molecule has 100 valence electrons. The van der Waals surface area contributed by atoms with Crippen LogP contribution in [0.1, 0.15) is 32.6 Å². The number of hydrogen-bond acceptors (Lipinski definition) is 4. The van der Waals surface area contributed by atoms with Crippen LogP contribution in [-0.2, 0) is 9.53 Å². The van der Waals surface area contributed by atoms with Gasteiger partial charge in [-0.05, 0) is 48.2 Å². The molecule has 0 aliphatic rings. The zero-order valence-electron chi connectivity index (χ0n) is 10.5. The minimum atomic E-state index is -0.116. The summed E-state index contributed by atoms with van der Waals surface area (Å²) in [6, 6.07) is 1.88. The fourth-order valence-corrected chi connectivity index (χ4v) is 1.79. The van der Waals surface area contributed by atoms with Crippen LogP contribution in [0.2, 0.25) is 0 Å². The highest BCUT2D eigenvalue weighted by Crippen LogP contribution is 2.16. The van der Waals surface area contributed by atoms with Crippen molar-refractivity contribution in [2.75, 3.05) is 13.2 Å². The third-order valence-corrected chi connectivity index (χ3v) is 2.71. The van der Waals surface area contributed by atoms with Gasteiger partial charge in [-0.15, -0.1) is 0 Å². The van der Waals surface area contributed by atoms with Gasteiger partial charge < -0.3 is 9.47 Å². The SMILES string of the molecule is CCOC(=O)CCCCCOc1cncc(Br)c1. The number of ether oxygens (including phenoxy) is 2. The fraction of sp³-hybridized carbons (Fsp3) is 0.538. The Morgan fingerprint density at radius 3 is 2.89 bits per heavy atom. The lowest BCUT2D eigenvalue weighted by molar-refractivity contribution is -0.143. The van der Waals surface area contributed by atoms with Crippen molar-refractivity contribution < 1.29 is 14.3 Å². The van der Waals surface area contributed by atoms with Crippen LogP contribution < -0.4 is 4.74 Å². The summed E-state index contributed by atoms with van der Waals surface area (Å²) < 4.78 is 11.3. The molecule has 0 N–H and O–H groups in total. The van der Waals surface area contributed by atoms with Gasteiger partial charge in [-0.3, -0.25) is 9.78 Å². The minimum Gasteiger partial charge on any atom is -0.492 e. The van der Waals surface area contributed by atoms with Gasteiger partial charge in [0.15, 0.2) is 0 Å². The Labute approximate surface area is 116 Å². The van der Waals surface area contributed by atoms with Crippen molar-refractivity contribution >= 4 is 21.9 Å². The van der Waals surface area contributed by atoms with E-state index in [-0.39, 0.29) is 5.97 Å². The second-order valence-electron chi connectivity index (χ2n) is 3.80. The Balaban J connectivity index is 2.04.